The van der Waals surface area contributed by atoms with Crippen molar-refractivity contribution in [2.45, 2.75) is 0 Å². The largest absolute Gasteiger partial charge is 0.497 e. The Hall–Kier alpha value is -3.78. The molecule has 7 nitrogen and oxygen atoms in total. The first-order valence-corrected chi connectivity index (χ1v) is 12.0. The van der Waals surface area contributed by atoms with Crippen LogP contribution in [0.25, 0.3) is 21.5 Å². The molecule has 0 aliphatic carbocycles. The molecule has 34 heavy (non-hydrogen) atoms. The number of nitrogens with one attached hydrogen (secondary N) is 1. The van der Waals surface area contributed by atoms with Crippen molar-refractivity contribution >= 4 is 39.6 Å². The molecule has 5 rings (SSSR count). The van der Waals surface area contributed by atoms with Gasteiger partial charge in [-0.25, -0.2) is 9.78 Å². The molecule has 174 valence electrons. The Labute approximate surface area is 202 Å². The van der Waals surface area contributed by atoms with Gasteiger partial charge in [0.1, 0.15) is 11.5 Å². The van der Waals surface area contributed by atoms with Gasteiger partial charge in [0.15, 0.2) is 0 Å². The van der Waals surface area contributed by atoms with Crippen molar-refractivity contribution in [3.05, 3.63) is 66.0 Å². The minimum absolute atomic E-state index is 0.101. The molecular formula is C26H26N4O3S. The topological polar surface area (TPSA) is 66.9 Å². The highest BCUT2D eigenvalue weighted by Crippen LogP contribution is 2.31. The van der Waals surface area contributed by atoms with Crippen molar-refractivity contribution < 1.29 is 14.3 Å². The van der Waals surface area contributed by atoms with Gasteiger partial charge in [-0.05, 0) is 23.6 Å². The number of piperazine rings is 1. The minimum atomic E-state index is -0.101. The number of hydrogen-bond donors (Lipinski definition) is 1. The standard InChI is InChI=1S/C26H26N4O3S/c1-32-19-14-18(15-20(16-19)33-2)29-9-11-30(12-10-29)26(31)28-23-17-24(25-8-5-13-34-25)27-22-7-4-3-6-21(22)23/h3-8,13-17H,9-12H2,1-2H3,(H,27,28,31). The third-order valence-electron chi connectivity index (χ3n) is 6.00. The van der Waals surface area contributed by atoms with Gasteiger partial charge in [-0.2, -0.15) is 0 Å². The number of thiophene rings is 1. The summed E-state index contributed by atoms with van der Waals surface area (Å²) in [6, 6.07) is 19.6. The first-order chi connectivity index (χ1) is 16.6. The summed E-state index contributed by atoms with van der Waals surface area (Å²) in [4.78, 5) is 23.1. The number of urea groups is 1. The van der Waals surface area contributed by atoms with Crippen LogP contribution in [0.2, 0.25) is 0 Å². The van der Waals surface area contributed by atoms with Crippen molar-refractivity contribution in [1.29, 1.82) is 0 Å². The number of nitrogens with zero attached hydrogens (tertiary/aromatic N) is 3. The normalized spacial score (nSPS) is 13.7. The summed E-state index contributed by atoms with van der Waals surface area (Å²) < 4.78 is 10.8. The number of hydrogen-bond acceptors (Lipinski definition) is 6. The first kappa shape index (κ1) is 22.0. The van der Waals surface area contributed by atoms with E-state index in [0.717, 1.165) is 57.4 Å². The Morgan fingerprint density at radius 3 is 2.35 bits per heavy atom. The van der Waals surface area contributed by atoms with E-state index in [1.54, 1.807) is 25.6 Å². The molecule has 0 bridgehead atoms. The lowest BCUT2D eigenvalue weighted by molar-refractivity contribution is 0.208. The minimum Gasteiger partial charge on any atom is -0.497 e. The number of pyridine rings is 1. The Balaban J connectivity index is 1.32. The average molecular weight is 475 g/mol. The number of amides is 2. The van der Waals surface area contributed by atoms with E-state index >= 15 is 0 Å². The smallest absolute Gasteiger partial charge is 0.321 e. The Kier molecular flexibility index (Phi) is 6.22. The van der Waals surface area contributed by atoms with Gasteiger partial charge in [-0.3, -0.25) is 0 Å². The molecule has 8 heteroatoms. The van der Waals surface area contributed by atoms with Crippen molar-refractivity contribution in [3.8, 4) is 22.1 Å². The van der Waals surface area contributed by atoms with Gasteiger partial charge in [0.05, 0.1) is 36.0 Å². The van der Waals surface area contributed by atoms with E-state index in [1.165, 1.54) is 0 Å². The third-order valence-corrected chi connectivity index (χ3v) is 6.89. The lowest BCUT2D eigenvalue weighted by atomic mass is 10.1. The maximum Gasteiger partial charge on any atom is 0.321 e. The van der Waals surface area contributed by atoms with E-state index < -0.39 is 0 Å². The Morgan fingerprint density at radius 2 is 1.68 bits per heavy atom. The van der Waals surface area contributed by atoms with Crippen molar-refractivity contribution in [3.63, 3.8) is 0 Å². The molecule has 0 spiro atoms. The van der Waals surface area contributed by atoms with E-state index in [9.17, 15) is 4.79 Å². The molecule has 2 amide bonds. The number of ether oxygens (including phenoxy) is 2. The van der Waals surface area contributed by atoms with E-state index in [1.807, 2.05) is 70.9 Å². The van der Waals surface area contributed by atoms with E-state index in [4.69, 9.17) is 14.5 Å². The first-order valence-electron chi connectivity index (χ1n) is 11.1. The van der Waals surface area contributed by atoms with Crippen LogP contribution in [-0.4, -0.2) is 56.3 Å². The molecule has 1 aliphatic heterocycles. The molecular weight excluding hydrogens is 448 g/mol. The second-order valence-electron chi connectivity index (χ2n) is 8.02. The van der Waals surface area contributed by atoms with E-state index in [2.05, 4.69) is 10.2 Å². The lowest BCUT2D eigenvalue weighted by Crippen LogP contribution is -2.50. The number of methoxy groups -OCH3 is 2. The van der Waals surface area contributed by atoms with Gasteiger partial charge < -0.3 is 24.6 Å². The molecule has 2 aromatic heterocycles. The molecule has 2 aromatic carbocycles. The molecule has 0 saturated carbocycles. The second-order valence-corrected chi connectivity index (χ2v) is 8.97. The third kappa shape index (κ3) is 4.49. The molecule has 1 fully saturated rings. The molecule has 3 heterocycles. The van der Waals surface area contributed by atoms with Gasteiger partial charge in [0.25, 0.3) is 0 Å². The Morgan fingerprint density at radius 1 is 0.941 bits per heavy atom. The van der Waals surface area contributed by atoms with Gasteiger partial charge in [0, 0.05) is 55.5 Å². The fraction of sp³-hybridized carbons (Fsp3) is 0.231. The highest BCUT2D eigenvalue weighted by Gasteiger charge is 2.23. The molecule has 1 aliphatic rings. The van der Waals surface area contributed by atoms with Crippen molar-refractivity contribution in [2.75, 3.05) is 50.6 Å². The van der Waals surface area contributed by atoms with Crippen LogP contribution in [0.15, 0.2) is 66.0 Å². The van der Waals surface area contributed by atoms with Crippen LogP contribution in [0.4, 0.5) is 16.2 Å². The number of carbonyl (C=O) groups excluding carboxylic acids is 1. The maximum atomic E-state index is 13.2. The zero-order valence-electron chi connectivity index (χ0n) is 19.2. The summed E-state index contributed by atoms with van der Waals surface area (Å²) in [5.74, 6) is 1.50. The Bertz CT molecular complexity index is 1280. The molecule has 1 saturated heterocycles. The predicted octanol–water partition coefficient (Wildman–Crippen LogP) is 5.33. The number of carbonyl (C=O) groups is 1. The lowest BCUT2D eigenvalue weighted by Gasteiger charge is -2.36. The van der Waals surface area contributed by atoms with Crippen LogP contribution in [0.5, 0.6) is 11.5 Å². The van der Waals surface area contributed by atoms with Crippen LogP contribution in [0.3, 0.4) is 0 Å². The molecule has 0 unspecified atom stereocenters. The highest BCUT2D eigenvalue weighted by atomic mass is 32.1. The summed E-state index contributed by atoms with van der Waals surface area (Å²) in [5, 5.41) is 6.10. The van der Waals surface area contributed by atoms with Crippen LogP contribution >= 0.6 is 11.3 Å². The van der Waals surface area contributed by atoms with Crippen molar-refractivity contribution in [2.24, 2.45) is 0 Å². The number of rotatable bonds is 5. The fourth-order valence-corrected chi connectivity index (χ4v) is 4.85. The van der Waals surface area contributed by atoms with Gasteiger partial charge >= 0.3 is 6.03 Å². The second kappa shape index (κ2) is 9.61. The maximum absolute atomic E-state index is 13.2. The zero-order valence-corrected chi connectivity index (χ0v) is 20.0. The van der Waals surface area contributed by atoms with Crippen LogP contribution in [-0.2, 0) is 0 Å². The zero-order chi connectivity index (χ0) is 23.5. The summed E-state index contributed by atoms with van der Waals surface area (Å²) in [6.07, 6.45) is 0. The van der Waals surface area contributed by atoms with Crippen LogP contribution < -0.4 is 19.7 Å². The summed E-state index contributed by atoms with van der Waals surface area (Å²) in [5.41, 5.74) is 3.53. The number of anilines is 2. The quantitative estimate of drug-likeness (QED) is 0.423. The number of para-hydroxylation sites is 1. The monoisotopic (exact) mass is 474 g/mol. The number of aromatic nitrogens is 1. The molecule has 1 N–H and O–H groups in total. The van der Waals surface area contributed by atoms with Crippen LogP contribution in [0.1, 0.15) is 0 Å². The molecule has 4 aromatic rings. The molecule has 0 atom stereocenters. The predicted molar refractivity (Wildman–Crippen MR) is 137 cm³/mol. The number of benzene rings is 2. The van der Waals surface area contributed by atoms with E-state index in [0.29, 0.717) is 13.1 Å². The van der Waals surface area contributed by atoms with E-state index in [-0.39, 0.29) is 6.03 Å². The van der Waals surface area contributed by atoms with Crippen LogP contribution in [0, 0.1) is 0 Å². The fourth-order valence-electron chi connectivity index (χ4n) is 4.17. The summed E-state index contributed by atoms with van der Waals surface area (Å²) in [6.45, 7) is 2.68. The van der Waals surface area contributed by atoms with Gasteiger partial charge in [-0.1, -0.05) is 24.3 Å². The highest BCUT2D eigenvalue weighted by molar-refractivity contribution is 7.13. The SMILES string of the molecule is COc1cc(OC)cc(N2CCN(C(=O)Nc3cc(-c4cccs4)nc4ccccc34)CC2)c1. The summed E-state index contributed by atoms with van der Waals surface area (Å²) >= 11 is 1.63. The molecule has 0 radical (unpaired) electrons. The summed E-state index contributed by atoms with van der Waals surface area (Å²) in [7, 11) is 3.29. The van der Waals surface area contributed by atoms with Gasteiger partial charge in [0.2, 0.25) is 0 Å². The average Bonchev–Trinajstić information content (AvgIpc) is 3.43. The van der Waals surface area contributed by atoms with Gasteiger partial charge in [-0.15, -0.1) is 11.3 Å². The van der Waals surface area contributed by atoms with Crippen molar-refractivity contribution in [1.82, 2.24) is 9.88 Å². The number of fused-ring (bicyclic) bond motifs is 1.